The monoisotopic (exact) mass is 224 g/mol. The van der Waals surface area contributed by atoms with Gasteiger partial charge in [0.2, 0.25) is 0 Å². The van der Waals surface area contributed by atoms with E-state index >= 15 is 0 Å². The van der Waals surface area contributed by atoms with Gasteiger partial charge in [0.15, 0.2) is 0 Å². The summed E-state index contributed by atoms with van der Waals surface area (Å²) in [4.78, 5) is 20.9. The number of rotatable bonds is 5. The van der Waals surface area contributed by atoms with E-state index in [1.807, 2.05) is 0 Å². The minimum absolute atomic E-state index is 0.134. The number of nitrogens with zero attached hydrogens (tertiary/aromatic N) is 1. The summed E-state index contributed by atoms with van der Waals surface area (Å²) in [5.74, 6) is -1.42. The second-order valence-electron chi connectivity index (χ2n) is 3.09. The van der Waals surface area contributed by atoms with Gasteiger partial charge in [0.1, 0.15) is 0 Å². The number of benzene rings is 1. The van der Waals surface area contributed by atoms with Crippen molar-refractivity contribution in [2.24, 2.45) is 0 Å². The molecular weight excluding hydrogens is 214 g/mol. The fourth-order valence-corrected chi connectivity index (χ4v) is 1.40. The highest BCUT2D eigenvalue weighted by Gasteiger charge is 2.17. The molecule has 16 heavy (non-hydrogen) atoms. The predicted octanol–water partition coefficient (Wildman–Crippen LogP) is 0.147. The highest BCUT2D eigenvalue weighted by atomic mass is 16.6. The smallest absolute Gasteiger partial charge is 0.273 e. The number of methoxy groups -OCH3 is 1. The third-order valence-corrected chi connectivity index (χ3v) is 2.12. The van der Waals surface area contributed by atoms with Gasteiger partial charge in [0, 0.05) is 30.7 Å². The predicted molar refractivity (Wildman–Crippen MR) is 53.0 cm³/mol. The van der Waals surface area contributed by atoms with Crippen LogP contribution in [-0.4, -0.2) is 24.6 Å². The minimum Gasteiger partial charge on any atom is -0.545 e. The van der Waals surface area contributed by atoms with Crippen molar-refractivity contribution in [2.75, 3.05) is 13.7 Å². The highest BCUT2D eigenvalue weighted by Crippen LogP contribution is 2.22. The van der Waals surface area contributed by atoms with Crippen molar-refractivity contribution in [3.8, 4) is 0 Å². The van der Waals surface area contributed by atoms with E-state index in [2.05, 4.69) is 0 Å². The van der Waals surface area contributed by atoms with Crippen LogP contribution in [0.15, 0.2) is 18.2 Å². The number of hydrogen-bond acceptors (Lipinski definition) is 5. The summed E-state index contributed by atoms with van der Waals surface area (Å²) in [7, 11) is 1.44. The first kappa shape index (κ1) is 12.1. The normalized spacial score (nSPS) is 10.1. The van der Waals surface area contributed by atoms with Crippen LogP contribution in [0.3, 0.4) is 0 Å². The zero-order valence-corrected chi connectivity index (χ0v) is 8.63. The first-order valence-electron chi connectivity index (χ1n) is 4.54. The van der Waals surface area contributed by atoms with Gasteiger partial charge < -0.3 is 14.6 Å². The van der Waals surface area contributed by atoms with Crippen molar-refractivity contribution in [1.29, 1.82) is 0 Å². The first-order valence-corrected chi connectivity index (χ1v) is 4.54. The molecule has 0 aliphatic heterocycles. The molecule has 0 heterocycles. The molecule has 86 valence electrons. The van der Waals surface area contributed by atoms with Gasteiger partial charge in [-0.3, -0.25) is 10.1 Å². The Hall–Kier alpha value is -1.95. The Morgan fingerprint density at radius 1 is 1.50 bits per heavy atom. The molecule has 0 aliphatic carbocycles. The summed E-state index contributed by atoms with van der Waals surface area (Å²) in [6, 6.07) is 3.87. The number of nitro groups is 1. The third kappa shape index (κ3) is 2.54. The number of nitro benzene ring substituents is 1. The van der Waals surface area contributed by atoms with E-state index in [1.54, 1.807) is 0 Å². The van der Waals surface area contributed by atoms with Gasteiger partial charge >= 0.3 is 0 Å². The van der Waals surface area contributed by atoms with Crippen LogP contribution in [-0.2, 0) is 11.2 Å². The number of hydrogen-bond donors (Lipinski definition) is 0. The van der Waals surface area contributed by atoms with Crippen LogP contribution in [0.5, 0.6) is 0 Å². The van der Waals surface area contributed by atoms with E-state index in [0.717, 1.165) is 0 Å². The molecule has 0 aliphatic rings. The topological polar surface area (TPSA) is 92.5 Å². The number of carboxylic acid groups (broad SMARTS) is 1. The minimum atomic E-state index is -1.42. The lowest BCUT2D eigenvalue weighted by atomic mass is 10.0. The molecule has 0 N–H and O–H groups in total. The second-order valence-corrected chi connectivity index (χ2v) is 3.09. The Morgan fingerprint density at radius 3 is 2.69 bits per heavy atom. The van der Waals surface area contributed by atoms with Crippen LogP contribution < -0.4 is 5.11 Å². The molecule has 0 atom stereocenters. The van der Waals surface area contributed by atoms with Gasteiger partial charge in [-0.1, -0.05) is 12.1 Å². The zero-order valence-electron chi connectivity index (χ0n) is 8.63. The maximum Gasteiger partial charge on any atom is 0.273 e. The fourth-order valence-electron chi connectivity index (χ4n) is 1.40. The molecule has 6 nitrogen and oxygen atoms in total. The van der Waals surface area contributed by atoms with Gasteiger partial charge in [0.25, 0.3) is 5.69 Å². The molecule has 0 amide bonds. The molecule has 6 heteroatoms. The maximum absolute atomic E-state index is 10.8. The fraction of sp³-hybridized carbons (Fsp3) is 0.300. The van der Waals surface area contributed by atoms with Crippen LogP contribution in [0.2, 0.25) is 0 Å². The van der Waals surface area contributed by atoms with Crippen LogP contribution in [0.1, 0.15) is 15.9 Å². The maximum atomic E-state index is 10.8. The molecule has 0 radical (unpaired) electrons. The molecular formula is C10H10NO5-. The van der Waals surface area contributed by atoms with Crippen LogP contribution in [0.4, 0.5) is 5.69 Å². The molecule has 0 bridgehead atoms. The molecule has 1 aromatic rings. The van der Waals surface area contributed by atoms with Gasteiger partial charge in [-0.15, -0.1) is 0 Å². The largest absolute Gasteiger partial charge is 0.545 e. The zero-order chi connectivity index (χ0) is 12.1. The van der Waals surface area contributed by atoms with Crippen LogP contribution in [0.25, 0.3) is 0 Å². The Balaban J connectivity index is 3.23. The lowest BCUT2D eigenvalue weighted by molar-refractivity contribution is -0.385. The molecule has 0 unspecified atom stereocenters. The number of carboxylic acids is 1. The number of aromatic carboxylic acids is 1. The van der Waals surface area contributed by atoms with E-state index in [-0.39, 0.29) is 29.8 Å². The lowest BCUT2D eigenvalue weighted by Crippen LogP contribution is -2.24. The molecule has 1 aromatic carbocycles. The average Bonchev–Trinajstić information content (AvgIpc) is 2.25. The van der Waals surface area contributed by atoms with Crippen LogP contribution in [0, 0.1) is 10.1 Å². The van der Waals surface area contributed by atoms with Crippen LogP contribution >= 0.6 is 0 Å². The molecule has 1 rings (SSSR count). The molecule has 0 aromatic heterocycles. The van der Waals surface area contributed by atoms with Gasteiger partial charge in [0.05, 0.1) is 17.5 Å². The quantitative estimate of drug-likeness (QED) is 0.524. The summed E-state index contributed by atoms with van der Waals surface area (Å²) in [5.41, 5.74) is -0.251. The summed E-state index contributed by atoms with van der Waals surface area (Å²) in [6.07, 6.45) is 0.164. The Bertz CT molecular complexity index is 383. The van der Waals surface area contributed by atoms with Crippen molar-refractivity contribution in [3.05, 3.63) is 39.4 Å². The van der Waals surface area contributed by atoms with E-state index in [9.17, 15) is 20.0 Å². The third-order valence-electron chi connectivity index (χ3n) is 2.12. The van der Waals surface area contributed by atoms with Crippen molar-refractivity contribution < 1.29 is 19.6 Å². The van der Waals surface area contributed by atoms with E-state index < -0.39 is 10.9 Å². The Kier molecular flexibility index (Phi) is 3.96. The van der Waals surface area contributed by atoms with Gasteiger partial charge in [-0.05, 0) is 0 Å². The van der Waals surface area contributed by atoms with Crippen molar-refractivity contribution in [1.82, 2.24) is 0 Å². The first-order chi connectivity index (χ1) is 7.57. The summed E-state index contributed by atoms with van der Waals surface area (Å²) in [6.45, 7) is 0.213. The highest BCUT2D eigenvalue weighted by molar-refractivity contribution is 5.89. The molecule has 0 spiro atoms. The van der Waals surface area contributed by atoms with Crippen molar-refractivity contribution in [2.45, 2.75) is 6.42 Å². The standard InChI is InChI=1S/C10H11NO5/c1-16-6-5-7-8(10(12)13)3-2-4-9(7)11(14)15/h2-4H,5-6H2,1H3,(H,12,13)/p-1. The van der Waals surface area contributed by atoms with E-state index in [4.69, 9.17) is 4.74 Å². The molecule has 0 saturated carbocycles. The van der Waals surface area contributed by atoms with Crippen molar-refractivity contribution in [3.63, 3.8) is 0 Å². The van der Waals surface area contributed by atoms with Gasteiger partial charge in [-0.25, -0.2) is 0 Å². The van der Waals surface area contributed by atoms with Crippen molar-refractivity contribution >= 4 is 11.7 Å². The van der Waals surface area contributed by atoms with E-state index in [0.29, 0.717) is 0 Å². The summed E-state index contributed by atoms with van der Waals surface area (Å²) >= 11 is 0. The number of carbonyl (C=O) groups is 1. The Labute approximate surface area is 91.6 Å². The summed E-state index contributed by atoms with van der Waals surface area (Å²) < 4.78 is 4.78. The summed E-state index contributed by atoms with van der Waals surface area (Å²) in [5, 5.41) is 21.5. The lowest BCUT2D eigenvalue weighted by Gasteiger charge is -2.10. The SMILES string of the molecule is COCCc1c(C(=O)[O-])cccc1[N+](=O)[O-]. The van der Waals surface area contributed by atoms with E-state index in [1.165, 1.54) is 25.3 Å². The number of carbonyl (C=O) groups excluding carboxylic acids is 1. The second kappa shape index (κ2) is 5.22. The van der Waals surface area contributed by atoms with Gasteiger partial charge in [-0.2, -0.15) is 0 Å². The average molecular weight is 224 g/mol. The number of ether oxygens (including phenoxy) is 1. The molecule has 0 saturated heterocycles. The Morgan fingerprint density at radius 2 is 2.19 bits per heavy atom. The molecule has 0 fully saturated rings.